The normalized spacial score (nSPS) is 12.6. The Morgan fingerprint density at radius 1 is 1.24 bits per heavy atom. The van der Waals surface area contributed by atoms with Crippen LogP contribution in [0, 0.1) is 0 Å². The van der Waals surface area contributed by atoms with Crippen LogP contribution in [-0.4, -0.2) is 14.8 Å². The van der Waals surface area contributed by atoms with Gasteiger partial charge in [-0.2, -0.15) is 0 Å². The van der Waals surface area contributed by atoms with Crippen LogP contribution in [0.1, 0.15) is 0 Å². The van der Waals surface area contributed by atoms with Crippen molar-refractivity contribution in [3.05, 3.63) is 21.1 Å². The van der Waals surface area contributed by atoms with Crippen LogP contribution in [0.2, 0.25) is 0 Å². The first kappa shape index (κ1) is 15.1. The fourth-order valence-corrected chi connectivity index (χ4v) is 4.19. The summed E-state index contributed by atoms with van der Waals surface area (Å²) in [5.74, 6) is -0.909. The third kappa shape index (κ3) is 4.31. The molecule has 0 amide bonds. The monoisotopic (exact) mass is 416 g/mol. The van der Waals surface area contributed by atoms with Gasteiger partial charge in [-0.15, -0.1) is 13.2 Å². The summed E-state index contributed by atoms with van der Waals surface area (Å²) in [6.07, 6.45) is -5.02. The third-order valence-electron chi connectivity index (χ3n) is 1.44. The molecule has 1 aromatic rings. The molecule has 0 bridgehead atoms. The summed E-state index contributed by atoms with van der Waals surface area (Å²) < 4.78 is 62.2. The van der Waals surface area contributed by atoms with E-state index in [2.05, 4.69) is 36.6 Å². The number of alkyl halides is 3. The first-order valence-electron chi connectivity index (χ1n) is 3.70. The van der Waals surface area contributed by atoms with Gasteiger partial charge in [-0.25, -0.2) is 8.42 Å². The molecule has 0 N–H and O–H groups in total. The molecule has 0 spiro atoms. The molecule has 96 valence electrons. The summed E-state index contributed by atoms with van der Waals surface area (Å²) in [5.41, 5.74) is 0. The zero-order valence-electron chi connectivity index (χ0n) is 7.56. The van der Waals surface area contributed by atoms with E-state index in [0.717, 1.165) is 6.07 Å². The second-order valence-corrected chi connectivity index (χ2v) is 6.97. The number of hydrogen-bond acceptors (Lipinski definition) is 3. The van der Waals surface area contributed by atoms with E-state index in [-0.39, 0.29) is 8.95 Å². The Bertz CT molecular complexity index is 544. The predicted octanol–water partition coefficient (Wildman–Crippen LogP) is 4.04. The van der Waals surface area contributed by atoms with Gasteiger partial charge in [0.1, 0.15) is 4.90 Å². The molecule has 0 unspecified atom stereocenters. The number of rotatable bonds is 2. The minimum atomic E-state index is -5.02. The Hall–Kier alpha value is 0.01000. The average molecular weight is 418 g/mol. The number of hydrogen-bond donors (Lipinski definition) is 0. The molecule has 0 aromatic heterocycles. The maximum absolute atomic E-state index is 12.1. The Morgan fingerprint density at radius 2 is 1.76 bits per heavy atom. The minimum Gasteiger partial charge on any atom is -0.404 e. The summed E-state index contributed by atoms with van der Waals surface area (Å²) in [6, 6.07) is 2.09. The van der Waals surface area contributed by atoms with Gasteiger partial charge in [0.15, 0.2) is 5.75 Å². The maximum atomic E-state index is 12.1. The molecule has 1 aromatic carbocycles. The van der Waals surface area contributed by atoms with Crippen molar-refractivity contribution in [3.8, 4) is 5.75 Å². The highest BCUT2D eigenvalue weighted by molar-refractivity contribution is 9.11. The van der Waals surface area contributed by atoms with Crippen LogP contribution in [-0.2, 0) is 9.05 Å². The van der Waals surface area contributed by atoms with Crippen molar-refractivity contribution in [1.82, 2.24) is 0 Å². The van der Waals surface area contributed by atoms with Gasteiger partial charge in [0.25, 0.3) is 9.05 Å². The summed E-state index contributed by atoms with van der Waals surface area (Å²) in [7, 11) is 0.656. The molecule has 0 heterocycles. The minimum absolute atomic E-state index is 0.138. The Kier molecular flexibility index (Phi) is 4.38. The van der Waals surface area contributed by atoms with Crippen molar-refractivity contribution in [1.29, 1.82) is 0 Å². The second-order valence-electron chi connectivity index (χ2n) is 2.70. The molecule has 0 saturated carbocycles. The van der Waals surface area contributed by atoms with Crippen LogP contribution in [0.5, 0.6) is 5.75 Å². The quantitative estimate of drug-likeness (QED) is 0.681. The summed E-state index contributed by atoms with van der Waals surface area (Å²) >= 11 is 5.71. The molecule has 17 heavy (non-hydrogen) atoms. The number of halogens is 6. The van der Waals surface area contributed by atoms with Gasteiger partial charge in [-0.05, 0) is 28.1 Å². The van der Waals surface area contributed by atoms with Gasteiger partial charge in [0.05, 0.1) is 0 Å². The van der Waals surface area contributed by atoms with Gasteiger partial charge >= 0.3 is 6.36 Å². The first-order valence-corrected chi connectivity index (χ1v) is 7.59. The predicted molar refractivity (Wildman–Crippen MR) is 61.6 cm³/mol. The fraction of sp³-hybridized carbons (Fsp3) is 0.143. The molecule has 0 atom stereocenters. The highest BCUT2D eigenvalue weighted by Gasteiger charge is 2.34. The van der Waals surface area contributed by atoms with E-state index in [1.54, 1.807) is 0 Å². The lowest BCUT2D eigenvalue weighted by molar-refractivity contribution is -0.275. The molecule has 0 radical (unpaired) electrons. The highest BCUT2D eigenvalue weighted by Crippen LogP contribution is 2.39. The lowest BCUT2D eigenvalue weighted by atomic mass is 10.3. The van der Waals surface area contributed by atoms with Crippen LogP contribution < -0.4 is 4.74 Å². The van der Waals surface area contributed by atoms with Crippen LogP contribution >= 0.6 is 42.5 Å². The fourth-order valence-electron chi connectivity index (χ4n) is 0.974. The van der Waals surface area contributed by atoms with E-state index in [0.29, 0.717) is 0 Å². The molecule has 0 saturated heterocycles. The van der Waals surface area contributed by atoms with Crippen LogP contribution in [0.4, 0.5) is 13.2 Å². The van der Waals surface area contributed by atoms with Crippen molar-refractivity contribution in [2.45, 2.75) is 11.3 Å². The van der Waals surface area contributed by atoms with Crippen molar-refractivity contribution >= 4 is 51.6 Å². The van der Waals surface area contributed by atoms with Crippen LogP contribution in [0.3, 0.4) is 0 Å². The third-order valence-corrected chi connectivity index (χ3v) is 4.16. The van der Waals surface area contributed by atoms with E-state index in [9.17, 15) is 21.6 Å². The van der Waals surface area contributed by atoms with Gasteiger partial charge in [0.2, 0.25) is 0 Å². The van der Waals surface area contributed by atoms with Crippen LogP contribution in [0.25, 0.3) is 0 Å². The molecular weight excluding hydrogens is 416 g/mol. The SMILES string of the molecule is O=S(=O)(Cl)c1c(Br)cc(Br)cc1OC(F)(F)F. The molecule has 1 rings (SSSR count). The number of benzene rings is 1. The molecule has 0 aliphatic rings. The van der Waals surface area contributed by atoms with Gasteiger partial charge < -0.3 is 4.74 Å². The Morgan fingerprint density at radius 3 is 2.18 bits per heavy atom. The number of ether oxygens (including phenoxy) is 1. The van der Waals surface area contributed by atoms with Gasteiger partial charge in [-0.1, -0.05) is 15.9 Å². The largest absolute Gasteiger partial charge is 0.573 e. The smallest absolute Gasteiger partial charge is 0.404 e. The molecule has 3 nitrogen and oxygen atoms in total. The summed E-state index contributed by atoms with van der Waals surface area (Å²) in [4.78, 5) is -0.778. The van der Waals surface area contributed by atoms with Crippen molar-refractivity contribution in [2.24, 2.45) is 0 Å². The Balaban J connectivity index is 3.47. The van der Waals surface area contributed by atoms with Gasteiger partial charge in [-0.3, -0.25) is 0 Å². The topological polar surface area (TPSA) is 43.4 Å². The lowest BCUT2D eigenvalue weighted by Crippen LogP contribution is -2.18. The van der Waals surface area contributed by atoms with Crippen molar-refractivity contribution in [3.63, 3.8) is 0 Å². The second kappa shape index (κ2) is 4.94. The summed E-state index contributed by atoms with van der Waals surface area (Å²) in [5, 5.41) is 0. The van der Waals surface area contributed by atoms with E-state index < -0.39 is 26.1 Å². The van der Waals surface area contributed by atoms with Crippen molar-refractivity contribution < 1.29 is 26.3 Å². The van der Waals surface area contributed by atoms with Crippen molar-refractivity contribution in [2.75, 3.05) is 0 Å². The van der Waals surface area contributed by atoms with Gasteiger partial charge in [0, 0.05) is 19.6 Å². The van der Waals surface area contributed by atoms with Crippen LogP contribution in [0.15, 0.2) is 26.0 Å². The molecule has 0 fully saturated rings. The van der Waals surface area contributed by atoms with E-state index in [1.807, 2.05) is 0 Å². The molecular formula is C7H2Br2ClF3O3S. The van der Waals surface area contributed by atoms with E-state index >= 15 is 0 Å². The lowest BCUT2D eigenvalue weighted by Gasteiger charge is -2.13. The molecule has 0 aliphatic heterocycles. The highest BCUT2D eigenvalue weighted by atomic mass is 79.9. The zero-order valence-corrected chi connectivity index (χ0v) is 12.3. The summed E-state index contributed by atoms with van der Waals surface area (Å²) in [6.45, 7) is 0. The molecule has 0 aliphatic carbocycles. The standard InChI is InChI=1S/C7H2Br2ClF3O3S/c8-3-1-4(9)6(17(10,14)15)5(2-3)16-7(11,12)13/h1-2H. The molecule has 10 heteroatoms. The average Bonchev–Trinajstić information content (AvgIpc) is 1.94. The Labute approximate surface area is 116 Å². The maximum Gasteiger partial charge on any atom is 0.573 e. The zero-order chi connectivity index (χ0) is 13.4. The van der Waals surface area contributed by atoms with E-state index in [1.165, 1.54) is 6.07 Å². The van der Waals surface area contributed by atoms with E-state index in [4.69, 9.17) is 10.7 Å². The first-order chi connectivity index (χ1) is 7.50.